The van der Waals surface area contributed by atoms with Gasteiger partial charge in [0.1, 0.15) is 6.04 Å². The van der Waals surface area contributed by atoms with Gasteiger partial charge in [0.2, 0.25) is 11.8 Å². The minimum atomic E-state index is -1.01. The first-order chi connectivity index (χ1) is 14.4. The Hall–Kier alpha value is -2.01. The molecule has 2 rings (SSSR count). The van der Waals surface area contributed by atoms with Crippen LogP contribution in [0.2, 0.25) is 0 Å². The van der Waals surface area contributed by atoms with Gasteiger partial charge in [-0.1, -0.05) is 6.42 Å². The van der Waals surface area contributed by atoms with Crippen LogP contribution in [-0.4, -0.2) is 71.1 Å². The highest BCUT2D eigenvalue weighted by Crippen LogP contribution is 2.33. The number of carbonyl (C=O) groups excluding carboxylic acids is 3. The van der Waals surface area contributed by atoms with E-state index in [1.54, 1.807) is 0 Å². The molecule has 2 fully saturated rings. The average Bonchev–Trinajstić information content (AvgIpc) is 3.24. The Balaban J connectivity index is 1.42. The number of carboxylic acids is 1. The third kappa shape index (κ3) is 8.39. The smallest absolute Gasteiger partial charge is 0.320 e. The van der Waals surface area contributed by atoms with E-state index in [9.17, 15) is 19.2 Å². The minimum absolute atomic E-state index is 0.0572. The van der Waals surface area contributed by atoms with Gasteiger partial charge < -0.3 is 32.1 Å². The number of aliphatic carboxylic acids is 1. The van der Waals surface area contributed by atoms with Crippen LogP contribution in [0.4, 0.5) is 4.79 Å². The molecule has 0 aliphatic carbocycles. The van der Waals surface area contributed by atoms with Crippen LogP contribution in [0.3, 0.4) is 0 Å². The molecule has 0 saturated carbocycles. The summed E-state index contributed by atoms with van der Waals surface area (Å²) in [6, 6.07) is -0.514. The fourth-order valence-electron chi connectivity index (χ4n) is 3.61. The zero-order valence-electron chi connectivity index (χ0n) is 17.2. The summed E-state index contributed by atoms with van der Waals surface area (Å²) in [5.74, 6) is -0.275. The van der Waals surface area contributed by atoms with Crippen molar-refractivity contribution in [2.24, 2.45) is 5.73 Å². The lowest BCUT2D eigenvalue weighted by molar-refractivity contribution is -0.138. The average molecular weight is 444 g/mol. The van der Waals surface area contributed by atoms with E-state index in [2.05, 4.69) is 21.3 Å². The fraction of sp³-hybridized carbons (Fsp3) is 0.789. The summed E-state index contributed by atoms with van der Waals surface area (Å²) >= 11 is 1.87. The summed E-state index contributed by atoms with van der Waals surface area (Å²) < 4.78 is 0. The van der Waals surface area contributed by atoms with Crippen molar-refractivity contribution in [1.82, 2.24) is 21.3 Å². The van der Waals surface area contributed by atoms with E-state index in [1.807, 2.05) is 11.8 Å². The number of thioether (sulfide) groups is 1. The molecule has 4 atom stereocenters. The highest BCUT2D eigenvalue weighted by atomic mass is 32.2. The monoisotopic (exact) mass is 443 g/mol. The maximum absolute atomic E-state index is 11.9. The zero-order valence-corrected chi connectivity index (χ0v) is 18.0. The van der Waals surface area contributed by atoms with E-state index in [4.69, 9.17) is 10.8 Å². The SMILES string of the molecule is N[C@@H](CCCCNC(=O)CCNC(=O)CCCC[C@@H]1SC[C@@H]2NC(=O)N[C@@H]21)C(=O)O. The number of nitrogens with one attached hydrogen (secondary N) is 4. The summed E-state index contributed by atoms with van der Waals surface area (Å²) in [5.41, 5.74) is 5.41. The van der Waals surface area contributed by atoms with E-state index >= 15 is 0 Å². The van der Waals surface area contributed by atoms with Gasteiger partial charge in [-0.3, -0.25) is 14.4 Å². The number of fused-ring (bicyclic) bond motifs is 1. The molecule has 0 radical (unpaired) electrons. The summed E-state index contributed by atoms with van der Waals surface area (Å²) in [7, 11) is 0. The number of hydrogen-bond donors (Lipinski definition) is 6. The van der Waals surface area contributed by atoms with Crippen LogP contribution in [0.5, 0.6) is 0 Å². The third-order valence-electron chi connectivity index (χ3n) is 5.34. The Kier molecular flexibility index (Phi) is 10.2. The Labute approximate surface area is 180 Å². The summed E-state index contributed by atoms with van der Waals surface area (Å²) in [5, 5.41) is 20.5. The van der Waals surface area contributed by atoms with Crippen LogP contribution in [0, 0.1) is 0 Å². The van der Waals surface area contributed by atoms with E-state index in [0.717, 1.165) is 25.0 Å². The summed E-state index contributed by atoms with van der Waals surface area (Å²) in [6.07, 6.45) is 5.01. The Morgan fingerprint density at radius 2 is 1.80 bits per heavy atom. The fourth-order valence-corrected chi connectivity index (χ4v) is 5.15. The Bertz CT molecular complexity index is 620. The standard InChI is InChI=1S/C19H33N5O5S/c20-12(18(27)28)5-3-4-9-21-16(26)8-10-22-15(25)7-2-1-6-14-17-13(11-30-14)23-19(29)24-17/h12-14,17H,1-11,20H2,(H,21,26)(H,22,25)(H,27,28)(H2,23,24,29)/t12-,13-,14-,17-/m0/s1. The van der Waals surface area contributed by atoms with Crippen molar-refractivity contribution < 1.29 is 24.3 Å². The van der Waals surface area contributed by atoms with Crippen LogP contribution in [-0.2, 0) is 14.4 Å². The lowest BCUT2D eigenvalue weighted by Gasteiger charge is -2.16. The van der Waals surface area contributed by atoms with Gasteiger partial charge in [0.25, 0.3) is 0 Å². The van der Waals surface area contributed by atoms with Crippen LogP contribution < -0.4 is 27.0 Å². The number of unbranched alkanes of at least 4 members (excludes halogenated alkanes) is 2. The first kappa shape index (κ1) is 24.3. The van der Waals surface area contributed by atoms with Gasteiger partial charge in [0, 0.05) is 36.9 Å². The van der Waals surface area contributed by atoms with Gasteiger partial charge in [-0.25, -0.2) is 4.79 Å². The quantitative estimate of drug-likeness (QED) is 0.161. The van der Waals surface area contributed by atoms with Crippen molar-refractivity contribution in [2.45, 2.75) is 74.7 Å². The van der Waals surface area contributed by atoms with Crippen molar-refractivity contribution in [2.75, 3.05) is 18.8 Å². The van der Waals surface area contributed by atoms with Gasteiger partial charge in [0.15, 0.2) is 0 Å². The zero-order chi connectivity index (χ0) is 21.9. The van der Waals surface area contributed by atoms with Crippen molar-refractivity contribution in [1.29, 1.82) is 0 Å². The molecular formula is C19H33N5O5S. The van der Waals surface area contributed by atoms with E-state index in [0.29, 0.717) is 44.0 Å². The van der Waals surface area contributed by atoms with E-state index in [-0.39, 0.29) is 36.3 Å². The molecule has 2 saturated heterocycles. The molecule has 0 spiro atoms. The van der Waals surface area contributed by atoms with Crippen LogP contribution in [0.25, 0.3) is 0 Å². The maximum Gasteiger partial charge on any atom is 0.320 e. The van der Waals surface area contributed by atoms with Crippen LogP contribution in [0.15, 0.2) is 0 Å². The predicted octanol–water partition coefficient (Wildman–Crippen LogP) is -0.0831. The number of carboxylic acid groups (broad SMARTS) is 1. The molecule has 0 unspecified atom stereocenters. The number of hydrogen-bond acceptors (Lipinski definition) is 6. The molecule has 2 heterocycles. The van der Waals surface area contributed by atoms with Crippen molar-refractivity contribution in [3.63, 3.8) is 0 Å². The maximum atomic E-state index is 11.9. The Morgan fingerprint density at radius 1 is 1.07 bits per heavy atom. The first-order valence-corrected chi connectivity index (χ1v) is 11.6. The largest absolute Gasteiger partial charge is 0.480 e. The molecule has 30 heavy (non-hydrogen) atoms. The van der Waals surface area contributed by atoms with Gasteiger partial charge in [-0.2, -0.15) is 11.8 Å². The highest BCUT2D eigenvalue weighted by Gasteiger charge is 2.42. The topological polar surface area (TPSA) is 163 Å². The van der Waals surface area contributed by atoms with Crippen molar-refractivity contribution >= 4 is 35.6 Å². The predicted molar refractivity (Wildman–Crippen MR) is 114 cm³/mol. The second-order valence-electron chi connectivity index (χ2n) is 7.76. The number of urea groups is 1. The molecular weight excluding hydrogens is 410 g/mol. The highest BCUT2D eigenvalue weighted by molar-refractivity contribution is 8.00. The Morgan fingerprint density at radius 3 is 2.57 bits per heavy atom. The summed E-state index contributed by atoms with van der Waals surface area (Å²) in [4.78, 5) is 45.6. The molecule has 0 bridgehead atoms. The van der Waals surface area contributed by atoms with Gasteiger partial charge in [-0.05, 0) is 32.1 Å². The molecule has 170 valence electrons. The minimum Gasteiger partial charge on any atom is -0.480 e. The molecule has 11 heteroatoms. The third-order valence-corrected chi connectivity index (χ3v) is 6.84. The lowest BCUT2D eigenvalue weighted by Crippen LogP contribution is -2.36. The molecule has 0 aromatic carbocycles. The van der Waals surface area contributed by atoms with Gasteiger partial charge >= 0.3 is 12.0 Å². The number of rotatable bonds is 14. The van der Waals surface area contributed by atoms with Gasteiger partial charge in [-0.15, -0.1) is 0 Å². The molecule has 10 nitrogen and oxygen atoms in total. The van der Waals surface area contributed by atoms with E-state index in [1.165, 1.54) is 0 Å². The second kappa shape index (κ2) is 12.6. The first-order valence-electron chi connectivity index (χ1n) is 10.6. The molecule has 4 amide bonds. The number of amides is 4. The van der Waals surface area contributed by atoms with Crippen LogP contribution in [0.1, 0.15) is 51.4 Å². The lowest BCUT2D eigenvalue weighted by atomic mass is 10.0. The van der Waals surface area contributed by atoms with Gasteiger partial charge in [0.05, 0.1) is 12.1 Å². The molecule has 0 aromatic heterocycles. The molecule has 2 aliphatic heterocycles. The number of nitrogens with two attached hydrogens (primary N) is 1. The van der Waals surface area contributed by atoms with Crippen molar-refractivity contribution in [3.05, 3.63) is 0 Å². The van der Waals surface area contributed by atoms with Crippen LogP contribution >= 0.6 is 11.8 Å². The second-order valence-corrected chi connectivity index (χ2v) is 9.03. The molecule has 2 aliphatic rings. The molecule has 7 N–H and O–H groups in total. The van der Waals surface area contributed by atoms with Crippen molar-refractivity contribution in [3.8, 4) is 0 Å². The van der Waals surface area contributed by atoms with E-state index < -0.39 is 12.0 Å². The molecule has 0 aromatic rings. The normalized spacial score (nSPS) is 23.2. The summed E-state index contributed by atoms with van der Waals surface area (Å²) in [6.45, 7) is 0.768. The number of carbonyl (C=O) groups is 4.